The Balaban J connectivity index is 2.08. The summed E-state index contributed by atoms with van der Waals surface area (Å²) in [6.45, 7) is 6.79. The van der Waals surface area contributed by atoms with Gasteiger partial charge in [-0.3, -0.25) is 4.79 Å². The molecule has 0 aliphatic carbocycles. The van der Waals surface area contributed by atoms with Crippen molar-refractivity contribution in [1.29, 1.82) is 0 Å². The summed E-state index contributed by atoms with van der Waals surface area (Å²) >= 11 is 0. The van der Waals surface area contributed by atoms with Gasteiger partial charge in [-0.1, -0.05) is 0 Å². The lowest BCUT2D eigenvalue weighted by Crippen LogP contribution is -2.35. The maximum Gasteiger partial charge on any atom is 0.236 e. The van der Waals surface area contributed by atoms with E-state index in [2.05, 4.69) is 29.2 Å². The van der Waals surface area contributed by atoms with Gasteiger partial charge in [0.05, 0.1) is 13.1 Å². The molecule has 0 bridgehead atoms. The maximum absolute atomic E-state index is 11.8. The lowest BCUT2D eigenvalue weighted by molar-refractivity contribution is -0.130. The summed E-state index contributed by atoms with van der Waals surface area (Å²) in [5.74, 6) is 0.996. The van der Waals surface area contributed by atoms with Crippen LogP contribution < -0.4 is 5.32 Å². The Hall–Kier alpha value is -1.43. The molecule has 0 spiro atoms. The zero-order valence-corrected chi connectivity index (χ0v) is 10.4. The van der Waals surface area contributed by atoms with Gasteiger partial charge in [0.1, 0.15) is 12.2 Å². The third-order valence-corrected chi connectivity index (χ3v) is 2.88. The van der Waals surface area contributed by atoms with Gasteiger partial charge in [0, 0.05) is 12.6 Å². The van der Waals surface area contributed by atoms with Gasteiger partial charge in [-0.2, -0.15) is 5.10 Å². The van der Waals surface area contributed by atoms with E-state index in [0.29, 0.717) is 13.1 Å². The van der Waals surface area contributed by atoms with Gasteiger partial charge >= 0.3 is 0 Å². The lowest BCUT2D eigenvalue weighted by Gasteiger charge is -2.20. The fourth-order valence-corrected chi connectivity index (χ4v) is 1.98. The Morgan fingerprint density at radius 2 is 2.35 bits per heavy atom. The van der Waals surface area contributed by atoms with Crippen LogP contribution in [0.1, 0.15) is 32.1 Å². The van der Waals surface area contributed by atoms with Crippen LogP contribution >= 0.6 is 0 Å². The van der Waals surface area contributed by atoms with Crippen LogP contribution in [0.2, 0.25) is 0 Å². The van der Waals surface area contributed by atoms with Gasteiger partial charge in [0.25, 0.3) is 0 Å². The molecule has 17 heavy (non-hydrogen) atoms. The summed E-state index contributed by atoms with van der Waals surface area (Å²) in [6, 6.07) is 0.271. The topological polar surface area (TPSA) is 63.1 Å². The number of rotatable bonds is 3. The highest BCUT2D eigenvalue weighted by molar-refractivity contribution is 5.78. The molecule has 1 aromatic rings. The first-order valence-electron chi connectivity index (χ1n) is 6.05. The predicted molar refractivity (Wildman–Crippen MR) is 63.3 cm³/mol. The number of amides is 1. The summed E-state index contributed by atoms with van der Waals surface area (Å²) in [7, 11) is 0. The maximum atomic E-state index is 11.8. The highest BCUT2D eigenvalue weighted by Gasteiger charge is 2.19. The van der Waals surface area contributed by atoms with Gasteiger partial charge in [-0.25, -0.2) is 9.67 Å². The molecule has 1 aromatic heterocycles. The molecule has 0 atom stereocenters. The van der Waals surface area contributed by atoms with E-state index in [1.165, 1.54) is 0 Å². The molecule has 0 saturated carbocycles. The van der Waals surface area contributed by atoms with E-state index in [1.807, 2.05) is 9.58 Å². The van der Waals surface area contributed by atoms with Crippen LogP contribution in [0.25, 0.3) is 0 Å². The molecular formula is C11H19N5O. The third-order valence-electron chi connectivity index (χ3n) is 2.88. The second-order valence-electron chi connectivity index (χ2n) is 4.56. The standard InChI is InChI=1S/C11H19N5O/c1-9(2)16-10(13-8-14-16)7-15-5-3-4-12-6-11(15)17/h8-9,12H,3-7H2,1-2H3. The Morgan fingerprint density at radius 1 is 1.53 bits per heavy atom. The number of hydrogen-bond donors (Lipinski definition) is 1. The van der Waals surface area contributed by atoms with Crippen LogP contribution in [0.4, 0.5) is 0 Å². The smallest absolute Gasteiger partial charge is 0.236 e. The molecule has 6 heteroatoms. The molecule has 1 aliphatic heterocycles. The van der Waals surface area contributed by atoms with E-state index in [-0.39, 0.29) is 11.9 Å². The number of aromatic nitrogens is 3. The van der Waals surface area contributed by atoms with Gasteiger partial charge in [-0.05, 0) is 26.8 Å². The van der Waals surface area contributed by atoms with Crippen LogP contribution in [0.5, 0.6) is 0 Å². The van der Waals surface area contributed by atoms with Crippen molar-refractivity contribution < 1.29 is 4.79 Å². The molecular weight excluding hydrogens is 218 g/mol. The number of nitrogens with zero attached hydrogens (tertiary/aromatic N) is 4. The fourth-order valence-electron chi connectivity index (χ4n) is 1.98. The van der Waals surface area contributed by atoms with Crippen molar-refractivity contribution >= 4 is 5.91 Å². The zero-order chi connectivity index (χ0) is 12.3. The van der Waals surface area contributed by atoms with Crippen LogP contribution in [0.3, 0.4) is 0 Å². The summed E-state index contributed by atoms with van der Waals surface area (Å²) in [5, 5.41) is 7.29. The summed E-state index contributed by atoms with van der Waals surface area (Å²) in [5.41, 5.74) is 0. The summed E-state index contributed by atoms with van der Waals surface area (Å²) < 4.78 is 1.87. The van der Waals surface area contributed by atoms with Crippen LogP contribution in [0, 0.1) is 0 Å². The minimum atomic E-state index is 0.140. The van der Waals surface area contributed by atoms with Crippen LogP contribution in [-0.2, 0) is 11.3 Å². The van der Waals surface area contributed by atoms with Gasteiger partial charge in [-0.15, -0.1) is 0 Å². The molecule has 1 saturated heterocycles. The van der Waals surface area contributed by atoms with E-state index in [9.17, 15) is 4.79 Å². The minimum absolute atomic E-state index is 0.140. The van der Waals surface area contributed by atoms with Crippen LogP contribution in [0.15, 0.2) is 6.33 Å². The van der Waals surface area contributed by atoms with E-state index in [1.54, 1.807) is 6.33 Å². The molecule has 2 heterocycles. The number of hydrogen-bond acceptors (Lipinski definition) is 4. The monoisotopic (exact) mass is 237 g/mol. The van der Waals surface area contributed by atoms with Gasteiger partial charge in [0.15, 0.2) is 0 Å². The fraction of sp³-hybridized carbons (Fsp3) is 0.727. The Kier molecular flexibility index (Phi) is 3.73. The average molecular weight is 237 g/mol. The van der Waals surface area contributed by atoms with Crippen molar-refractivity contribution in [3.63, 3.8) is 0 Å². The molecule has 0 unspecified atom stereocenters. The van der Waals surface area contributed by atoms with E-state index < -0.39 is 0 Å². The van der Waals surface area contributed by atoms with Crippen molar-refractivity contribution in [2.24, 2.45) is 0 Å². The van der Waals surface area contributed by atoms with Crippen LogP contribution in [-0.4, -0.2) is 45.2 Å². The van der Waals surface area contributed by atoms with Crippen molar-refractivity contribution in [3.05, 3.63) is 12.2 Å². The predicted octanol–water partition coefficient (Wildman–Crippen LogP) is 0.181. The molecule has 1 aliphatic rings. The SMILES string of the molecule is CC(C)n1ncnc1CN1CCCNCC1=O. The quantitative estimate of drug-likeness (QED) is 0.814. The Labute approximate surface area is 101 Å². The first kappa shape index (κ1) is 12.0. The largest absolute Gasteiger partial charge is 0.334 e. The normalized spacial score (nSPS) is 17.6. The lowest BCUT2D eigenvalue weighted by atomic mass is 10.3. The second-order valence-corrected chi connectivity index (χ2v) is 4.56. The van der Waals surface area contributed by atoms with Crippen molar-refractivity contribution in [3.8, 4) is 0 Å². The first-order valence-corrected chi connectivity index (χ1v) is 6.05. The van der Waals surface area contributed by atoms with Crippen molar-refractivity contribution in [1.82, 2.24) is 25.0 Å². The van der Waals surface area contributed by atoms with Crippen molar-refractivity contribution in [2.75, 3.05) is 19.6 Å². The molecule has 6 nitrogen and oxygen atoms in total. The molecule has 0 radical (unpaired) electrons. The summed E-state index contributed by atoms with van der Waals surface area (Å²) in [4.78, 5) is 17.9. The molecule has 1 N–H and O–H groups in total. The molecule has 1 fully saturated rings. The number of carbonyl (C=O) groups is 1. The second kappa shape index (κ2) is 5.27. The molecule has 94 valence electrons. The van der Waals surface area contributed by atoms with Gasteiger partial charge < -0.3 is 10.2 Å². The van der Waals surface area contributed by atoms with E-state index in [0.717, 1.165) is 25.3 Å². The number of nitrogens with one attached hydrogen (secondary N) is 1. The molecule has 0 aromatic carbocycles. The van der Waals surface area contributed by atoms with Crippen molar-refractivity contribution in [2.45, 2.75) is 32.9 Å². The minimum Gasteiger partial charge on any atom is -0.334 e. The third kappa shape index (κ3) is 2.82. The van der Waals surface area contributed by atoms with E-state index in [4.69, 9.17) is 0 Å². The molecule has 2 rings (SSSR count). The Bertz CT molecular complexity index is 387. The van der Waals surface area contributed by atoms with E-state index >= 15 is 0 Å². The highest BCUT2D eigenvalue weighted by atomic mass is 16.2. The first-order chi connectivity index (χ1) is 8.18. The number of carbonyl (C=O) groups excluding carboxylic acids is 1. The Morgan fingerprint density at radius 3 is 3.12 bits per heavy atom. The average Bonchev–Trinajstić information content (AvgIpc) is 2.66. The summed E-state index contributed by atoms with van der Waals surface area (Å²) in [6.07, 6.45) is 2.54. The zero-order valence-electron chi connectivity index (χ0n) is 10.4. The molecule has 1 amide bonds. The van der Waals surface area contributed by atoms with Gasteiger partial charge in [0.2, 0.25) is 5.91 Å². The highest BCUT2D eigenvalue weighted by Crippen LogP contribution is 2.09.